The summed E-state index contributed by atoms with van der Waals surface area (Å²) in [5.74, 6) is -11.4. The number of carbonyl (C=O) groups is 8. The Morgan fingerprint density at radius 2 is 0.781 bits per heavy atom. The number of amides is 6. The fourth-order valence-corrected chi connectivity index (χ4v) is 17.2. The Kier molecular flexibility index (Phi) is 14.1. The van der Waals surface area contributed by atoms with E-state index in [2.05, 4.69) is 0 Å². The van der Waals surface area contributed by atoms with Gasteiger partial charge in [0.05, 0.1) is 17.8 Å². The molecule has 6 amide bonds. The summed E-state index contributed by atoms with van der Waals surface area (Å²) in [7, 11) is 0. The van der Waals surface area contributed by atoms with E-state index < -0.39 is 109 Å². The number of hydrogen-bond acceptors (Lipinski definition) is 8. The molecule has 0 N–H and O–H groups in total. The van der Waals surface area contributed by atoms with Crippen LogP contribution in [-0.2, 0) is 38.4 Å². The van der Waals surface area contributed by atoms with Gasteiger partial charge in [-0.2, -0.15) is 26.3 Å². The second-order valence-corrected chi connectivity index (χ2v) is 24.6. The van der Waals surface area contributed by atoms with Gasteiger partial charge in [0.2, 0.25) is 11.8 Å². The summed E-state index contributed by atoms with van der Waals surface area (Å²) < 4.78 is 94.8. The highest BCUT2D eigenvalue weighted by molar-refractivity contribution is 6.17. The number of nitrogens with zero attached hydrogens (tertiary/aromatic N) is 3. The molecule has 3 aliphatic heterocycles. The quantitative estimate of drug-likeness (QED) is 0.119. The van der Waals surface area contributed by atoms with Gasteiger partial charge in [-0.3, -0.25) is 53.1 Å². The predicted octanol–water partition coefficient (Wildman–Crippen LogP) is 10.2. The lowest BCUT2D eigenvalue weighted by Crippen LogP contribution is -2.61. The third-order valence-electron chi connectivity index (χ3n) is 20.9. The molecule has 0 aromatic heterocycles. The van der Waals surface area contributed by atoms with Crippen molar-refractivity contribution in [3.63, 3.8) is 0 Å². The van der Waals surface area contributed by atoms with Crippen molar-refractivity contribution in [2.45, 2.75) is 198 Å². The van der Waals surface area contributed by atoms with Gasteiger partial charge in [-0.25, -0.2) is 0 Å². The lowest BCUT2D eigenvalue weighted by atomic mass is 9.54. The molecular weight excluding hydrogens is 957 g/mol. The van der Waals surface area contributed by atoms with E-state index in [1.807, 2.05) is 0 Å². The van der Waals surface area contributed by atoms with Crippen LogP contribution >= 0.6 is 0 Å². The zero-order valence-electron chi connectivity index (χ0n) is 42.2. The normalized spacial score (nSPS) is 39.1. The predicted molar refractivity (Wildman–Crippen MR) is 252 cm³/mol. The van der Waals surface area contributed by atoms with E-state index >= 15 is 26.3 Å². The van der Waals surface area contributed by atoms with Gasteiger partial charge in [-0.05, 0) is 197 Å². The first-order chi connectivity index (χ1) is 34.6. The van der Waals surface area contributed by atoms with E-state index in [0.717, 1.165) is 89.9 Å². The standard InChI is InChI=1S/C56H71F6N3O8/c1-29-23-45(66)63(50(29)70)38-15-5-32(6-16-38)25-31-3-11-35(12-4-31)47-48(68)41-21-13-36(27-43(41)49(47)69)54(55(57,58)59,56(60,61)62)37-14-22-42-44(28-37)53(73)65(52(42)72)40-19-9-34(10-20-40)26-33-7-17-39(18-8-33)64-46(67)24-30(2)51(64)71/h23-24,31-44,47H,3-22,25-28H2,1-2H3. The number of rotatable bonds is 10. The topological polar surface area (TPSA) is 146 Å². The van der Waals surface area contributed by atoms with Crippen molar-refractivity contribution in [2.75, 3.05) is 0 Å². The Bertz CT molecular complexity index is 2170. The first-order valence-electron chi connectivity index (χ1n) is 27.8. The minimum Gasteiger partial charge on any atom is -0.299 e. The summed E-state index contributed by atoms with van der Waals surface area (Å²) in [5, 5.41) is 0. The van der Waals surface area contributed by atoms with Crippen molar-refractivity contribution in [1.82, 2.24) is 14.7 Å². The fraction of sp³-hybridized carbons (Fsp3) is 0.786. The highest BCUT2D eigenvalue weighted by Crippen LogP contribution is 2.67. The van der Waals surface area contributed by atoms with Crippen LogP contribution in [0.15, 0.2) is 23.3 Å². The Morgan fingerprint density at radius 1 is 0.425 bits per heavy atom. The number of ketones is 2. The number of imide groups is 3. The molecule has 10 aliphatic rings. The van der Waals surface area contributed by atoms with Crippen LogP contribution in [-0.4, -0.2) is 92.2 Å². The number of Topliss-reactive ketones (excluding diaryl/α,β-unsaturated/α-hetero) is 2. The van der Waals surface area contributed by atoms with Gasteiger partial charge >= 0.3 is 12.4 Å². The molecule has 7 saturated carbocycles. The van der Waals surface area contributed by atoms with Crippen molar-refractivity contribution in [2.24, 2.45) is 76.4 Å². The maximum Gasteiger partial charge on any atom is 0.403 e. The zero-order valence-corrected chi connectivity index (χ0v) is 42.2. The van der Waals surface area contributed by atoms with E-state index in [9.17, 15) is 38.4 Å². The van der Waals surface area contributed by atoms with Crippen molar-refractivity contribution < 1.29 is 64.7 Å². The van der Waals surface area contributed by atoms with Gasteiger partial charge in [-0.1, -0.05) is 12.8 Å². The summed E-state index contributed by atoms with van der Waals surface area (Å²) in [6.45, 7) is 3.29. The van der Waals surface area contributed by atoms with Crippen molar-refractivity contribution in [3.8, 4) is 0 Å². The third kappa shape index (κ3) is 9.09. The van der Waals surface area contributed by atoms with E-state index in [0.29, 0.717) is 60.5 Å². The largest absolute Gasteiger partial charge is 0.403 e. The number of halogens is 6. The first-order valence-corrected chi connectivity index (χ1v) is 27.8. The molecular formula is C56H71F6N3O8. The van der Waals surface area contributed by atoms with Crippen molar-refractivity contribution >= 4 is 47.0 Å². The number of hydrogen-bond donors (Lipinski definition) is 0. The van der Waals surface area contributed by atoms with Gasteiger partial charge in [0.1, 0.15) is 11.6 Å². The second kappa shape index (κ2) is 19.8. The molecule has 8 fully saturated rings. The van der Waals surface area contributed by atoms with Crippen LogP contribution in [0.5, 0.6) is 0 Å². The molecule has 7 unspecified atom stereocenters. The molecule has 400 valence electrons. The van der Waals surface area contributed by atoms with Gasteiger partial charge in [0, 0.05) is 53.3 Å². The van der Waals surface area contributed by atoms with Crippen LogP contribution in [0.2, 0.25) is 0 Å². The Morgan fingerprint density at radius 3 is 1.18 bits per heavy atom. The Balaban J connectivity index is 0.741. The van der Waals surface area contributed by atoms with Crippen LogP contribution in [0.1, 0.15) is 168 Å². The van der Waals surface area contributed by atoms with E-state index in [1.165, 1.54) is 26.9 Å². The summed E-state index contributed by atoms with van der Waals surface area (Å²) in [6.07, 6.45) is 1.56. The average Bonchev–Trinajstić information content (AvgIpc) is 3.95. The molecule has 0 radical (unpaired) electrons. The van der Waals surface area contributed by atoms with E-state index in [1.54, 1.807) is 13.8 Å². The highest BCUT2D eigenvalue weighted by atomic mass is 19.4. The third-order valence-corrected chi connectivity index (χ3v) is 20.9. The molecule has 11 nitrogen and oxygen atoms in total. The van der Waals surface area contributed by atoms with Crippen LogP contribution < -0.4 is 0 Å². The van der Waals surface area contributed by atoms with E-state index in [4.69, 9.17) is 0 Å². The second-order valence-electron chi connectivity index (χ2n) is 24.6. The fourth-order valence-electron chi connectivity index (χ4n) is 17.2. The summed E-state index contributed by atoms with van der Waals surface area (Å²) in [6, 6.07) is -0.717. The number of alkyl halides is 6. The Hall–Kier alpha value is -4.18. The average molecular weight is 1030 g/mol. The monoisotopic (exact) mass is 1030 g/mol. The molecule has 73 heavy (non-hydrogen) atoms. The molecule has 7 aliphatic carbocycles. The summed E-state index contributed by atoms with van der Waals surface area (Å²) >= 11 is 0. The zero-order chi connectivity index (χ0) is 52.1. The number of fused-ring (bicyclic) bond motifs is 2. The summed E-state index contributed by atoms with van der Waals surface area (Å²) in [4.78, 5) is 110. The lowest BCUT2D eigenvalue weighted by Gasteiger charge is -2.52. The van der Waals surface area contributed by atoms with Crippen LogP contribution in [0, 0.1) is 76.4 Å². The van der Waals surface area contributed by atoms with Crippen molar-refractivity contribution in [3.05, 3.63) is 23.3 Å². The maximum atomic E-state index is 15.8. The van der Waals surface area contributed by atoms with Crippen molar-refractivity contribution in [1.29, 1.82) is 0 Å². The SMILES string of the molecule is CC1=CC(=O)N(C2CCC(CC3CCC(C4C(=O)C5CCC(C(C6CCC7C(=O)N(C8CCC(CC9CCC(N%10C(=O)C=C(C)C%10=O)CC9)CC8)C(=O)C7C6)(C(F)(F)F)C(F)(F)F)CC5C4=O)CC3)CC2)C1=O. The molecule has 0 aromatic rings. The van der Waals surface area contributed by atoms with Gasteiger partial charge in [-0.15, -0.1) is 0 Å². The Labute approximate surface area is 423 Å². The molecule has 17 heteroatoms. The molecule has 0 aromatic carbocycles. The molecule has 3 heterocycles. The summed E-state index contributed by atoms with van der Waals surface area (Å²) in [5.41, 5.74) is -3.33. The minimum atomic E-state index is -5.79. The number of carbonyl (C=O) groups excluding carboxylic acids is 8. The van der Waals surface area contributed by atoms with Crippen LogP contribution in [0.25, 0.3) is 0 Å². The number of likely N-dealkylation sites (tertiary alicyclic amines) is 1. The van der Waals surface area contributed by atoms with Gasteiger partial charge < -0.3 is 0 Å². The van der Waals surface area contributed by atoms with Gasteiger partial charge in [0.15, 0.2) is 5.41 Å². The highest BCUT2D eigenvalue weighted by Gasteiger charge is 2.78. The van der Waals surface area contributed by atoms with Crippen LogP contribution in [0.3, 0.4) is 0 Å². The molecule has 7 atom stereocenters. The van der Waals surface area contributed by atoms with E-state index in [-0.39, 0.29) is 60.3 Å². The molecule has 10 rings (SSSR count). The first kappa shape index (κ1) is 52.3. The minimum absolute atomic E-state index is 0.117. The molecule has 0 bridgehead atoms. The maximum absolute atomic E-state index is 15.8. The van der Waals surface area contributed by atoms with Gasteiger partial charge in [0.25, 0.3) is 23.6 Å². The lowest BCUT2D eigenvalue weighted by molar-refractivity contribution is -0.383. The molecule has 1 saturated heterocycles. The van der Waals surface area contributed by atoms with Crippen LogP contribution in [0.4, 0.5) is 26.3 Å². The molecule has 0 spiro atoms. The smallest absolute Gasteiger partial charge is 0.299 e.